The van der Waals surface area contributed by atoms with E-state index < -0.39 is 0 Å². The zero-order chi connectivity index (χ0) is 30.2. The van der Waals surface area contributed by atoms with E-state index in [0.717, 1.165) is 33.2 Å². The van der Waals surface area contributed by atoms with E-state index in [4.69, 9.17) is 19.3 Å². The molecule has 0 bridgehead atoms. The van der Waals surface area contributed by atoms with Gasteiger partial charge in [0.05, 0.1) is 22.4 Å². The van der Waals surface area contributed by atoms with Gasteiger partial charge in [-0.05, 0) is 70.3 Å². The summed E-state index contributed by atoms with van der Waals surface area (Å²) in [4.78, 5) is 9.94. The highest BCUT2D eigenvalue weighted by atomic mass is 16.7. The van der Waals surface area contributed by atoms with Crippen LogP contribution in [0.4, 0.5) is 0 Å². The summed E-state index contributed by atoms with van der Waals surface area (Å²) in [6.45, 7) is 23.2. The van der Waals surface area contributed by atoms with Crippen molar-refractivity contribution in [1.82, 2.24) is 9.97 Å². The highest BCUT2D eigenvalue weighted by Gasteiger charge is 2.51. The van der Waals surface area contributed by atoms with Crippen LogP contribution in [0.5, 0.6) is 0 Å². The second-order valence-corrected chi connectivity index (χ2v) is 10.7. The highest BCUT2D eigenvalue weighted by molar-refractivity contribution is 6.62. The predicted octanol–water partition coefficient (Wildman–Crippen LogP) is 8.99. The summed E-state index contributed by atoms with van der Waals surface area (Å²) in [7, 11) is -0.389. The molecule has 212 valence electrons. The Morgan fingerprint density at radius 2 is 1.37 bits per heavy atom. The zero-order valence-electron chi connectivity index (χ0n) is 25.9. The molecule has 4 nitrogen and oxygen atoms in total. The van der Waals surface area contributed by atoms with Gasteiger partial charge in [-0.25, -0.2) is 9.97 Å². The van der Waals surface area contributed by atoms with Gasteiger partial charge < -0.3 is 9.31 Å². The molecule has 1 aromatic heterocycles. The van der Waals surface area contributed by atoms with Crippen molar-refractivity contribution in [2.45, 2.75) is 66.6 Å². The Kier molecular flexibility index (Phi) is 10.6. The van der Waals surface area contributed by atoms with Gasteiger partial charge in [-0.1, -0.05) is 106 Å². The molecule has 1 aliphatic heterocycles. The minimum Gasteiger partial charge on any atom is -0.399 e. The minimum absolute atomic E-state index is 0.368. The van der Waals surface area contributed by atoms with Crippen molar-refractivity contribution >= 4 is 29.6 Å². The molecule has 5 rings (SSSR count). The van der Waals surface area contributed by atoms with Gasteiger partial charge in [-0.3, -0.25) is 0 Å². The number of benzene rings is 3. The van der Waals surface area contributed by atoms with Crippen LogP contribution < -0.4 is 5.46 Å². The second-order valence-electron chi connectivity index (χ2n) is 10.7. The van der Waals surface area contributed by atoms with Crippen LogP contribution in [0.3, 0.4) is 0 Å². The van der Waals surface area contributed by atoms with E-state index in [9.17, 15) is 0 Å². The third kappa shape index (κ3) is 7.11. The van der Waals surface area contributed by atoms with Crippen molar-refractivity contribution in [2.24, 2.45) is 0 Å². The highest BCUT2D eigenvalue weighted by Crippen LogP contribution is 2.36. The number of nitrogens with zero attached hydrogens (tertiary/aromatic N) is 2. The molecule has 4 aromatic rings. The van der Waals surface area contributed by atoms with E-state index in [0.29, 0.717) is 5.82 Å². The molecular formula is C36H43BN2O2. The van der Waals surface area contributed by atoms with Crippen LogP contribution in [0.2, 0.25) is 0 Å². The SMILES string of the molecule is C/C=C\c1cc(-c2nc(-c3ccc(B4OC(C)(C)C(C)(C)O4)cc3)nc3ccccc23)ccc1C.C=CC=C.CC. The fourth-order valence-electron chi connectivity index (χ4n) is 4.34. The van der Waals surface area contributed by atoms with Crippen molar-refractivity contribution in [1.29, 1.82) is 0 Å². The van der Waals surface area contributed by atoms with Gasteiger partial charge in [0, 0.05) is 16.5 Å². The average Bonchev–Trinajstić information content (AvgIpc) is 3.21. The standard InChI is InChI=1S/C30H31BN2O2.C4H6.C2H6/c1-7-10-22-19-23(14-13-20(22)2)27-25-11-8-9-12-26(25)32-28(33-27)21-15-17-24(18-16-21)31-34-29(3,4)30(5,6)35-31;1-3-4-2;1-2/h7-19H,1-6H3;3-4H,1-2H2;1-2H3/b10-7-;;. The summed E-state index contributed by atoms with van der Waals surface area (Å²) >= 11 is 0. The number of para-hydroxylation sites is 1. The van der Waals surface area contributed by atoms with Crippen molar-refractivity contribution in [3.63, 3.8) is 0 Å². The molecule has 0 N–H and O–H groups in total. The van der Waals surface area contributed by atoms with Gasteiger partial charge in [-0.15, -0.1) is 0 Å². The van der Waals surface area contributed by atoms with Crippen molar-refractivity contribution < 1.29 is 9.31 Å². The topological polar surface area (TPSA) is 44.2 Å². The summed E-state index contributed by atoms with van der Waals surface area (Å²) in [6, 6.07) is 22.9. The molecule has 0 spiro atoms. The third-order valence-corrected chi connectivity index (χ3v) is 7.36. The first-order chi connectivity index (χ1) is 19.6. The molecule has 0 atom stereocenters. The molecule has 1 aliphatic rings. The predicted molar refractivity (Wildman–Crippen MR) is 177 cm³/mol. The second kappa shape index (κ2) is 13.7. The lowest BCUT2D eigenvalue weighted by atomic mass is 9.79. The van der Waals surface area contributed by atoms with Gasteiger partial charge in [-0.2, -0.15) is 0 Å². The van der Waals surface area contributed by atoms with E-state index in [2.05, 4.69) is 96.3 Å². The van der Waals surface area contributed by atoms with Crippen molar-refractivity contribution in [3.8, 4) is 22.6 Å². The summed E-state index contributed by atoms with van der Waals surface area (Å²) in [6.07, 6.45) is 7.48. The maximum absolute atomic E-state index is 6.21. The molecule has 41 heavy (non-hydrogen) atoms. The fraction of sp³-hybridized carbons (Fsp3) is 0.278. The monoisotopic (exact) mass is 546 g/mol. The lowest BCUT2D eigenvalue weighted by Gasteiger charge is -2.32. The van der Waals surface area contributed by atoms with E-state index in [-0.39, 0.29) is 18.3 Å². The number of aromatic nitrogens is 2. The first-order valence-electron chi connectivity index (χ1n) is 14.3. The quantitative estimate of drug-likeness (QED) is 0.185. The minimum atomic E-state index is -0.389. The van der Waals surface area contributed by atoms with Crippen LogP contribution in [0.25, 0.3) is 39.6 Å². The van der Waals surface area contributed by atoms with Crippen LogP contribution in [0.1, 0.15) is 59.6 Å². The van der Waals surface area contributed by atoms with E-state index in [1.54, 1.807) is 12.2 Å². The first kappa shape index (κ1) is 31.7. The third-order valence-electron chi connectivity index (χ3n) is 7.36. The molecule has 5 heteroatoms. The number of allylic oxidation sites excluding steroid dienone is 3. The van der Waals surface area contributed by atoms with Gasteiger partial charge in [0.15, 0.2) is 5.82 Å². The molecule has 0 radical (unpaired) electrons. The Bertz CT molecular complexity index is 1500. The van der Waals surface area contributed by atoms with Crippen molar-refractivity contribution in [2.75, 3.05) is 0 Å². The van der Waals surface area contributed by atoms with Gasteiger partial charge >= 0.3 is 7.12 Å². The van der Waals surface area contributed by atoms with Crippen LogP contribution in [-0.4, -0.2) is 28.3 Å². The summed E-state index contributed by atoms with van der Waals surface area (Å²) in [5.41, 5.74) is 6.59. The Morgan fingerprint density at radius 3 is 1.95 bits per heavy atom. The summed E-state index contributed by atoms with van der Waals surface area (Å²) in [5.74, 6) is 0.701. The Hall–Kier alpha value is -3.80. The number of fused-ring (bicyclic) bond motifs is 1. The summed E-state index contributed by atoms with van der Waals surface area (Å²) < 4.78 is 12.4. The van der Waals surface area contributed by atoms with Crippen LogP contribution in [0.15, 0.2) is 98.1 Å². The molecule has 0 amide bonds. The van der Waals surface area contributed by atoms with E-state index in [1.807, 2.05) is 51.1 Å². The Labute approximate surface area is 247 Å². The molecule has 2 heterocycles. The fourth-order valence-corrected chi connectivity index (χ4v) is 4.34. The van der Waals surface area contributed by atoms with Crippen LogP contribution in [0, 0.1) is 6.92 Å². The smallest absolute Gasteiger partial charge is 0.399 e. The lowest BCUT2D eigenvalue weighted by molar-refractivity contribution is 0.00578. The maximum atomic E-state index is 6.21. The number of hydrogen-bond acceptors (Lipinski definition) is 4. The largest absolute Gasteiger partial charge is 0.494 e. The Morgan fingerprint density at radius 1 is 0.780 bits per heavy atom. The molecule has 0 saturated carbocycles. The normalized spacial score (nSPS) is 15.1. The van der Waals surface area contributed by atoms with E-state index >= 15 is 0 Å². The van der Waals surface area contributed by atoms with E-state index in [1.165, 1.54) is 11.1 Å². The lowest BCUT2D eigenvalue weighted by Crippen LogP contribution is -2.41. The molecular weight excluding hydrogens is 503 g/mol. The average molecular weight is 547 g/mol. The van der Waals surface area contributed by atoms with Gasteiger partial charge in [0.25, 0.3) is 0 Å². The molecule has 0 aliphatic carbocycles. The number of hydrogen-bond donors (Lipinski definition) is 0. The van der Waals surface area contributed by atoms with Crippen LogP contribution in [-0.2, 0) is 9.31 Å². The van der Waals surface area contributed by atoms with Gasteiger partial charge in [0.2, 0.25) is 0 Å². The molecule has 3 aromatic carbocycles. The molecule has 1 saturated heterocycles. The number of aryl methyl sites for hydroxylation is 1. The Balaban J connectivity index is 0.000000710. The van der Waals surface area contributed by atoms with Crippen molar-refractivity contribution in [3.05, 3.63) is 109 Å². The molecule has 0 unspecified atom stereocenters. The number of rotatable bonds is 5. The van der Waals surface area contributed by atoms with Crippen LogP contribution >= 0.6 is 0 Å². The maximum Gasteiger partial charge on any atom is 0.494 e. The summed E-state index contributed by atoms with van der Waals surface area (Å²) in [5, 5.41) is 1.04. The zero-order valence-corrected chi connectivity index (χ0v) is 25.9. The first-order valence-corrected chi connectivity index (χ1v) is 14.3. The molecule has 1 fully saturated rings. The van der Waals surface area contributed by atoms with Gasteiger partial charge in [0.1, 0.15) is 0 Å².